The molecule has 0 aliphatic carbocycles. The number of carbonyl (C=O) groups excluding carboxylic acids is 1. The third kappa shape index (κ3) is 4.23. The van der Waals surface area contributed by atoms with E-state index < -0.39 is 0 Å². The van der Waals surface area contributed by atoms with Crippen molar-refractivity contribution in [3.63, 3.8) is 0 Å². The first kappa shape index (κ1) is 16.7. The third-order valence-corrected chi connectivity index (χ3v) is 5.31. The summed E-state index contributed by atoms with van der Waals surface area (Å²) < 4.78 is 11.4. The standard InChI is InChI=1S/C16H25N3O3S/c1-13-3-4-14(23-13)11-18(2)15(20)17-6-8-19-7-5-16(12-19)21-9-10-22-16/h3-4H,5-12H2,1-2H3,(H,17,20). The number of urea groups is 1. The third-order valence-electron chi connectivity index (χ3n) is 4.33. The van der Waals surface area contributed by atoms with Crippen LogP contribution in [0.15, 0.2) is 12.1 Å². The van der Waals surface area contributed by atoms with Crippen molar-refractivity contribution in [2.75, 3.05) is 46.4 Å². The van der Waals surface area contributed by atoms with Crippen LogP contribution in [0.25, 0.3) is 0 Å². The molecule has 1 spiro atoms. The molecule has 0 radical (unpaired) electrons. The highest BCUT2D eigenvalue weighted by atomic mass is 32.1. The predicted octanol–water partition coefficient (Wildman–Crippen LogP) is 1.65. The number of nitrogens with one attached hydrogen (secondary N) is 1. The number of carbonyl (C=O) groups is 1. The zero-order valence-corrected chi connectivity index (χ0v) is 14.7. The molecule has 1 aromatic rings. The highest BCUT2D eigenvalue weighted by molar-refractivity contribution is 7.11. The van der Waals surface area contributed by atoms with Crippen molar-refractivity contribution in [2.45, 2.75) is 25.7 Å². The van der Waals surface area contributed by atoms with Gasteiger partial charge in [-0.15, -0.1) is 11.3 Å². The van der Waals surface area contributed by atoms with Crippen molar-refractivity contribution in [1.29, 1.82) is 0 Å². The number of amides is 2. The van der Waals surface area contributed by atoms with Crippen LogP contribution < -0.4 is 5.32 Å². The molecule has 2 fully saturated rings. The fourth-order valence-corrected chi connectivity index (χ4v) is 4.03. The molecule has 3 rings (SSSR count). The largest absolute Gasteiger partial charge is 0.346 e. The Morgan fingerprint density at radius 1 is 1.43 bits per heavy atom. The maximum absolute atomic E-state index is 12.1. The molecule has 0 bridgehead atoms. The lowest BCUT2D eigenvalue weighted by Crippen LogP contribution is -2.41. The highest BCUT2D eigenvalue weighted by Crippen LogP contribution is 2.29. The van der Waals surface area contributed by atoms with Gasteiger partial charge in [-0.1, -0.05) is 0 Å². The van der Waals surface area contributed by atoms with E-state index in [9.17, 15) is 4.79 Å². The van der Waals surface area contributed by atoms with E-state index in [1.807, 2.05) is 7.05 Å². The molecule has 1 N–H and O–H groups in total. The van der Waals surface area contributed by atoms with E-state index in [1.165, 1.54) is 9.75 Å². The summed E-state index contributed by atoms with van der Waals surface area (Å²) in [6.07, 6.45) is 0.915. The van der Waals surface area contributed by atoms with Crippen LogP contribution in [0.4, 0.5) is 4.79 Å². The van der Waals surface area contributed by atoms with Crippen LogP contribution in [0.3, 0.4) is 0 Å². The zero-order chi connectivity index (χ0) is 16.3. The summed E-state index contributed by atoms with van der Waals surface area (Å²) in [5, 5.41) is 2.98. The van der Waals surface area contributed by atoms with Crippen LogP contribution in [0, 0.1) is 6.92 Å². The minimum atomic E-state index is -0.377. The SMILES string of the molecule is Cc1ccc(CN(C)C(=O)NCCN2CCC3(C2)OCCO3)s1. The minimum Gasteiger partial charge on any atom is -0.346 e. The number of ether oxygens (including phenoxy) is 2. The van der Waals surface area contributed by atoms with Gasteiger partial charge in [0.2, 0.25) is 0 Å². The van der Waals surface area contributed by atoms with Gasteiger partial charge < -0.3 is 19.7 Å². The predicted molar refractivity (Wildman–Crippen MR) is 89.6 cm³/mol. The first-order valence-corrected chi connectivity index (χ1v) is 8.93. The molecule has 3 heterocycles. The Morgan fingerprint density at radius 2 is 2.22 bits per heavy atom. The molecule has 0 aromatic carbocycles. The number of hydrogen-bond donors (Lipinski definition) is 1. The molecular formula is C16H25N3O3S. The summed E-state index contributed by atoms with van der Waals surface area (Å²) in [4.78, 5) is 18.6. The number of hydrogen-bond acceptors (Lipinski definition) is 5. The molecule has 7 heteroatoms. The smallest absolute Gasteiger partial charge is 0.317 e. The number of nitrogens with zero attached hydrogens (tertiary/aromatic N) is 2. The molecule has 0 unspecified atom stereocenters. The van der Waals surface area contributed by atoms with E-state index in [4.69, 9.17) is 9.47 Å². The van der Waals surface area contributed by atoms with Gasteiger partial charge in [0.1, 0.15) is 0 Å². The maximum Gasteiger partial charge on any atom is 0.317 e. The average Bonchev–Trinajstić information content (AvgIpc) is 3.24. The number of aryl methyl sites for hydroxylation is 1. The molecule has 1 aromatic heterocycles. The second-order valence-electron chi connectivity index (χ2n) is 6.23. The summed E-state index contributed by atoms with van der Waals surface area (Å²) in [7, 11) is 1.83. The second kappa shape index (κ2) is 7.17. The van der Waals surface area contributed by atoms with E-state index in [0.29, 0.717) is 26.3 Å². The van der Waals surface area contributed by atoms with Crippen LogP contribution >= 0.6 is 11.3 Å². The minimum absolute atomic E-state index is 0.0293. The zero-order valence-electron chi connectivity index (χ0n) is 13.8. The topological polar surface area (TPSA) is 54.0 Å². The van der Waals surface area contributed by atoms with Crippen LogP contribution in [0.1, 0.15) is 16.2 Å². The highest BCUT2D eigenvalue weighted by Gasteiger charge is 2.42. The maximum atomic E-state index is 12.1. The molecule has 2 saturated heterocycles. The van der Waals surface area contributed by atoms with Gasteiger partial charge in [0.15, 0.2) is 5.79 Å². The van der Waals surface area contributed by atoms with Gasteiger partial charge in [0.05, 0.1) is 26.3 Å². The van der Waals surface area contributed by atoms with Crippen LogP contribution in [0.2, 0.25) is 0 Å². The lowest BCUT2D eigenvalue weighted by molar-refractivity contribution is -0.145. The number of thiophene rings is 1. The quantitative estimate of drug-likeness (QED) is 0.886. The Morgan fingerprint density at radius 3 is 2.91 bits per heavy atom. The Bertz CT molecular complexity index is 542. The van der Waals surface area contributed by atoms with Crippen molar-refractivity contribution in [3.05, 3.63) is 21.9 Å². The Hall–Kier alpha value is -1.15. The Kier molecular flexibility index (Phi) is 5.21. The second-order valence-corrected chi connectivity index (χ2v) is 7.61. The Labute approximate surface area is 141 Å². The van der Waals surface area contributed by atoms with Gasteiger partial charge in [-0.05, 0) is 19.1 Å². The molecule has 2 aliphatic rings. The van der Waals surface area contributed by atoms with Crippen LogP contribution in [0.5, 0.6) is 0 Å². The van der Waals surface area contributed by atoms with E-state index in [2.05, 4.69) is 29.3 Å². The van der Waals surface area contributed by atoms with Gasteiger partial charge in [0, 0.05) is 42.9 Å². The number of likely N-dealkylation sites (tertiary alicyclic amines) is 1. The van der Waals surface area contributed by atoms with Gasteiger partial charge in [-0.25, -0.2) is 4.79 Å². The molecule has 6 nitrogen and oxygen atoms in total. The monoisotopic (exact) mass is 339 g/mol. The summed E-state index contributed by atoms with van der Waals surface area (Å²) in [5.74, 6) is -0.377. The molecular weight excluding hydrogens is 314 g/mol. The van der Waals surface area contributed by atoms with Gasteiger partial charge in [0.25, 0.3) is 0 Å². The van der Waals surface area contributed by atoms with Gasteiger partial charge in [-0.2, -0.15) is 0 Å². The van der Waals surface area contributed by atoms with E-state index in [0.717, 1.165) is 26.1 Å². The van der Waals surface area contributed by atoms with E-state index in [-0.39, 0.29) is 11.8 Å². The fraction of sp³-hybridized carbons (Fsp3) is 0.688. The van der Waals surface area contributed by atoms with Gasteiger partial charge >= 0.3 is 6.03 Å². The van der Waals surface area contributed by atoms with Crippen molar-refractivity contribution >= 4 is 17.4 Å². The molecule has 2 aliphatic heterocycles. The normalized spacial score (nSPS) is 20.3. The lowest BCUT2D eigenvalue weighted by Gasteiger charge is -2.23. The van der Waals surface area contributed by atoms with Crippen molar-refractivity contribution in [1.82, 2.24) is 15.1 Å². The summed E-state index contributed by atoms with van der Waals surface area (Å²) in [5.41, 5.74) is 0. The fourth-order valence-electron chi connectivity index (χ4n) is 3.08. The van der Waals surface area contributed by atoms with Crippen molar-refractivity contribution in [2.24, 2.45) is 0 Å². The molecule has 0 atom stereocenters. The summed E-state index contributed by atoms with van der Waals surface area (Å²) in [6, 6.07) is 4.13. The first-order chi connectivity index (χ1) is 11.1. The molecule has 2 amide bonds. The van der Waals surface area contributed by atoms with Gasteiger partial charge in [-0.3, -0.25) is 4.90 Å². The summed E-state index contributed by atoms with van der Waals surface area (Å²) in [6.45, 7) is 7.34. The van der Waals surface area contributed by atoms with Crippen LogP contribution in [-0.2, 0) is 16.0 Å². The summed E-state index contributed by atoms with van der Waals surface area (Å²) >= 11 is 1.73. The average molecular weight is 339 g/mol. The molecule has 0 saturated carbocycles. The van der Waals surface area contributed by atoms with Crippen molar-refractivity contribution < 1.29 is 14.3 Å². The van der Waals surface area contributed by atoms with Crippen LogP contribution in [-0.4, -0.2) is 68.1 Å². The molecule has 128 valence electrons. The molecule has 23 heavy (non-hydrogen) atoms. The first-order valence-electron chi connectivity index (χ1n) is 8.11. The van der Waals surface area contributed by atoms with E-state index in [1.54, 1.807) is 16.2 Å². The Balaban J connectivity index is 1.36. The lowest BCUT2D eigenvalue weighted by atomic mass is 10.2. The number of rotatable bonds is 5. The van der Waals surface area contributed by atoms with Crippen molar-refractivity contribution in [3.8, 4) is 0 Å². The van der Waals surface area contributed by atoms with E-state index >= 15 is 0 Å².